The van der Waals surface area contributed by atoms with Crippen molar-refractivity contribution in [3.05, 3.63) is 29.8 Å². The third kappa shape index (κ3) is 5.76. The van der Waals surface area contributed by atoms with Gasteiger partial charge in [0, 0.05) is 6.54 Å². The molecule has 0 aromatic heterocycles. The number of halogens is 1. The average Bonchev–Trinajstić information content (AvgIpc) is 2.46. The van der Waals surface area contributed by atoms with E-state index in [4.69, 9.17) is 4.74 Å². The zero-order valence-corrected chi connectivity index (χ0v) is 14.7. The molecule has 2 N–H and O–H groups in total. The van der Waals surface area contributed by atoms with E-state index in [1.54, 1.807) is 31.4 Å². The van der Waals surface area contributed by atoms with Crippen LogP contribution in [-0.2, 0) is 15.8 Å². The van der Waals surface area contributed by atoms with Crippen LogP contribution in [-0.4, -0.2) is 35.2 Å². The Morgan fingerprint density at radius 1 is 1.32 bits per heavy atom. The molecule has 1 saturated heterocycles. The van der Waals surface area contributed by atoms with Crippen molar-refractivity contribution in [1.82, 2.24) is 10.0 Å². The minimum absolute atomic E-state index is 0. The van der Waals surface area contributed by atoms with Crippen LogP contribution < -0.4 is 14.8 Å². The molecule has 2 rings (SSSR count). The van der Waals surface area contributed by atoms with Crippen LogP contribution in [0.1, 0.15) is 25.3 Å². The number of methoxy groups -OCH3 is 1. The van der Waals surface area contributed by atoms with Gasteiger partial charge in [0.2, 0.25) is 10.0 Å². The summed E-state index contributed by atoms with van der Waals surface area (Å²) in [5, 5.41) is 3.30. The Hall–Kier alpha value is -0.820. The first-order chi connectivity index (χ1) is 9.92. The number of piperidine rings is 1. The molecule has 0 radical (unpaired) electrons. The van der Waals surface area contributed by atoms with E-state index in [2.05, 4.69) is 17.0 Å². The molecule has 0 unspecified atom stereocenters. The van der Waals surface area contributed by atoms with Crippen molar-refractivity contribution in [3.8, 4) is 5.75 Å². The average molecular weight is 349 g/mol. The largest absolute Gasteiger partial charge is 0.497 e. The Morgan fingerprint density at radius 2 is 2.00 bits per heavy atom. The third-order valence-electron chi connectivity index (χ3n) is 4.02. The summed E-state index contributed by atoms with van der Waals surface area (Å²) in [7, 11) is -1.75. The smallest absolute Gasteiger partial charge is 0.215 e. The number of hydrogen-bond acceptors (Lipinski definition) is 4. The maximum atomic E-state index is 12.2. The van der Waals surface area contributed by atoms with Gasteiger partial charge in [-0.3, -0.25) is 0 Å². The monoisotopic (exact) mass is 348 g/mol. The molecule has 1 aliphatic rings. The Balaban J connectivity index is 0.00000242. The van der Waals surface area contributed by atoms with Crippen molar-refractivity contribution in [2.45, 2.75) is 25.5 Å². The Bertz CT molecular complexity index is 572. The van der Waals surface area contributed by atoms with Crippen LogP contribution >= 0.6 is 12.4 Å². The molecule has 0 aliphatic carbocycles. The van der Waals surface area contributed by atoms with Gasteiger partial charge in [-0.2, -0.15) is 0 Å². The fourth-order valence-corrected chi connectivity index (χ4v) is 3.81. The van der Waals surface area contributed by atoms with E-state index >= 15 is 0 Å². The summed E-state index contributed by atoms with van der Waals surface area (Å²) in [5.41, 5.74) is 0.782. The zero-order valence-electron chi connectivity index (χ0n) is 13.1. The highest BCUT2D eigenvalue weighted by Crippen LogP contribution is 2.27. The minimum Gasteiger partial charge on any atom is -0.497 e. The lowest BCUT2D eigenvalue weighted by Gasteiger charge is -2.34. The first kappa shape index (κ1) is 19.2. The molecule has 22 heavy (non-hydrogen) atoms. The standard InChI is InChI=1S/C15H24N2O3S.ClH/c1-15(6-8-16-9-7-15)12-17-21(18,19)11-13-4-3-5-14(10-13)20-2;/h3-5,10,16-17H,6-9,11-12H2,1-2H3;1H. The van der Waals surface area contributed by atoms with E-state index in [-0.39, 0.29) is 23.6 Å². The van der Waals surface area contributed by atoms with Crippen molar-refractivity contribution < 1.29 is 13.2 Å². The lowest BCUT2D eigenvalue weighted by atomic mass is 9.81. The van der Waals surface area contributed by atoms with Gasteiger partial charge in [0.05, 0.1) is 12.9 Å². The highest BCUT2D eigenvalue weighted by atomic mass is 35.5. The van der Waals surface area contributed by atoms with Crippen LogP contribution in [0.15, 0.2) is 24.3 Å². The van der Waals surface area contributed by atoms with Gasteiger partial charge in [-0.25, -0.2) is 13.1 Å². The Labute approximate surface area is 139 Å². The summed E-state index contributed by atoms with van der Waals surface area (Å²) in [6.07, 6.45) is 1.99. The molecule has 1 fully saturated rings. The maximum absolute atomic E-state index is 12.2. The number of hydrogen-bond donors (Lipinski definition) is 2. The van der Waals surface area contributed by atoms with Crippen LogP contribution in [0.2, 0.25) is 0 Å². The Morgan fingerprint density at radius 3 is 2.64 bits per heavy atom. The molecule has 5 nitrogen and oxygen atoms in total. The van der Waals surface area contributed by atoms with E-state index in [9.17, 15) is 8.42 Å². The highest BCUT2D eigenvalue weighted by Gasteiger charge is 2.28. The number of sulfonamides is 1. The molecule has 0 atom stereocenters. The van der Waals surface area contributed by atoms with E-state index in [1.807, 2.05) is 0 Å². The Kier molecular flexibility index (Phi) is 7.12. The highest BCUT2D eigenvalue weighted by molar-refractivity contribution is 7.88. The second-order valence-corrected chi connectivity index (χ2v) is 7.80. The number of nitrogens with one attached hydrogen (secondary N) is 2. The summed E-state index contributed by atoms with van der Waals surface area (Å²) in [5.74, 6) is 0.659. The lowest BCUT2D eigenvalue weighted by Crippen LogP contribution is -2.43. The molecular formula is C15H25ClN2O3S. The van der Waals surface area contributed by atoms with Gasteiger partial charge in [0.1, 0.15) is 5.75 Å². The number of benzene rings is 1. The van der Waals surface area contributed by atoms with Crippen molar-refractivity contribution in [3.63, 3.8) is 0 Å². The molecule has 0 amide bonds. The number of rotatable bonds is 6. The van der Waals surface area contributed by atoms with Gasteiger partial charge < -0.3 is 10.1 Å². The van der Waals surface area contributed by atoms with Gasteiger partial charge in [-0.05, 0) is 49.0 Å². The molecule has 0 spiro atoms. The summed E-state index contributed by atoms with van der Waals surface area (Å²) in [6, 6.07) is 7.16. The molecule has 1 aromatic rings. The molecule has 1 aromatic carbocycles. The van der Waals surface area contributed by atoms with Crippen molar-refractivity contribution >= 4 is 22.4 Å². The predicted octanol–water partition coefficient (Wildman–Crippen LogP) is 1.93. The van der Waals surface area contributed by atoms with E-state index in [0.717, 1.165) is 31.5 Å². The molecule has 0 bridgehead atoms. The SMILES string of the molecule is COc1cccc(CS(=O)(=O)NCC2(C)CCNCC2)c1.Cl. The van der Waals surface area contributed by atoms with Crippen molar-refractivity contribution in [2.24, 2.45) is 5.41 Å². The minimum atomic E-state index is -3.32. The van der Waals surface area contributed by atoms with Gasteiger partial charge in [0.25, 0.3) is 0 Å². The first-order valence-electron chi connectivity index (χ1n) is 7.23. The quantitative estimate of drug-likeness (QED) is 0.824. The normalized spacial score (nSPS) is 17.5. The maximum Gasteiger partial charge on any atom is 0.215 e. The van der Waals surface area contributed by atoms with Gasteiger partial charge >= 0.3 is 0 Å². The topological polar surface area (TPSA) is 67.4 Å². The predicted molar refractivity (Wildman–Crippen MR) is 91.1 cm³/mol. The van der Waals surface area contributed by atoms with Crippen LogP contribution in [0, 0.1) is 5.41 Å². The summed E-state index contributed by atoms with van der Waals surface area (Å²) >= 11 is 0. The third-order valence-corrected chi connectivity index (χ3v) is 5.32. The molecule has 0 saturated carbocycles. The van der Waals surface area contributed by atoms with Crippen LogP contribution in [0.4, 0.5) is 0 Å². The molecule has 1 heterocycles. The van der Waals surface area contributed by atoms with Crippen LogP contribution in [0.25, 0.3) is 0 Å². The van der Waals surface area contributed by atoms with E-state index in [0.29, 0.717) is 12.3 Å². The van der Waals surface area contributed by atoms with Gasteiger partial charge in [0.15, 0.2) is 0 Å². The first-order valence-corrected chi connectivity index (χ1v) is 8.89. The molecular weight excluding hydrogens is 324 g/mol. The molecule has 126 valence electrons. The van der Waals surface area contributed by atoms with E-state index < -0.39 is 10.0 Å². The fraction of sp³-hybridized carbons (Fsp3) is 0.600. The van der Waals surface area contributed by atoms with Crippen LogP contribution in [0.3, 0.4) is 0 Å². The van der Waals surface area contributed by atoms with Crippen molar-refractivity contribution in [1.29, 1.82) is 0 Å². The second-order valence-electron chi connectivity index (χ2n) is 5.99. The van der Waals surface area contributed by atoms with Gasteiger partial charge in [-0.1, -0.05) is 19.1 Å². The molecule has 1 aliphatic heterocycles. The summed E-state index contributed by atoms with van der Waals surface area (Å²) in [6.45, 7) is 4.55. The van der Waals surface area contributed by atoms with E-state index in [1.165, 1.54) is 0 Å². The number of ether oxygens (including phenoxy) is 1. The fourth-order valence-electron chi connectivity index (χ4n) is 2.52. The lowest BCUT2D eigenvalue weighted by molar-refractivity contribution is 0.232. The molecule has 7 heteroatoms. The summed E-state index contributed by atoms with van der Waals surface area (Å²) < 4.78 is 32.3. The van der Waals surface area contributed by atoms with Crippen molar-refractivity contribution in [2.75, 3.05) is 26.7 Å². The van der Waals surface area contributed by atoms with Crippen LogP contribution in [0.5, 0.6) is 5.75 Å². The zero-order chi connectivity index (χ0) is 15.3. The second kappa shape index (κ2) is 8.15. The summed E-state index contributed by atoms with van der Waals surface area (Å²) in [4.78, 5) is 0. The van der Waals surface area contributed by atoms with Gasteiger partial charge in [-0.15, -0.1) is 12.4 Å².